The van der Waals surface area contributed by atoms with E-state index in [9.17, 15) is 15.0 Å². The number of aromatic carboxylic acids is 1. The van der Waals surface area contributed by atoms with Gasteiger partial charge in [0.05, 0.1) is 17.5 Å². The van der Waals surface area contributed by atoms with Crippen LogP contribution < -0.4 is 0 Å². The lowest BCUT2D eigenvalue weighted by molar-refractivity contribution is 0.0313. The van der Waals surface area contributed by atoms with Gasteiger partial charge in [-0.25, -0.2) is 4.79 Å². The van der Waals surface area contributed by atoms with Crippen LogP contribution >= 0.6 is 11.6 Å². The molecule has 2 unspecified atom stereocenters. The second-order valence-corrected chi connectivity index (χ2v) is 3.37. The minimum absolute atomic E-state index is 0.0332. The van der Waals surface area contributed by atoms with E-state index < -0.39 is 18.2 Å². The molecule has 1 aromatic carbocycles. The fourth-order valence-corrected chi connectivity index (χ4v) is 1.41. The zero-order valence-corrected chi connectivity index (χ0v) is 8.55. The summed E-state index contributed by atoms with van der Waals surface area (Å²) in [6, 6.07) is 5.95. The maximum atomic E-state index is 10.8. The molecule has 1 rings (SSSR count). The first-order chi connectivity index (χ1) is 7.07. The molecule has 0 heterocycles. The van der Waals surface area contributed by atoms with Crippen LogP contribution in [0.3, 0.4) is 0 Å². The Morgan fingerprint density at radius 3 is 2.47 bits per heavy atom. The molecule has 0 amide bonds. The van der Waals surface area contributed by atoms with Crippen molar-refractivity contribution in [2.24, 2.45) is 0 Å². The average molecular weight is 231 g/mol. The van der Waals surface area contributed by atoms with Crippen molar-refractivity contribution < 1.29 is 20.1 Å². The van der Waals surface area contributed by atoms with E-state index in [1.54, 1.807) is 12.1 Å². The fraction of sp³-hybridized carbons (Fsp3) is 0.300. The largest absolute Gasteiger partial charge is 0.478 e. The summed E-state index contributed by atoms with van der Waals surface area (Å²) in [6.07, 6.45) is -2.46. The highest BCUT2D eigenvalue weighted by atomic mass is 35.5. The van der Waals surface area contributed by atoms with Crippen LogP contribution in [0.2, 0.25) is 0 Å². The lowest BCUT2D eigenvalue weighted by Gasteiger charge is -2.17. The smallest absolute Gasteiger partial charge is 0.336 e. The molecule has 0 fully saturated rings. The Balaban J connectivity index is 3.07. The SMILES string of the molecule is O=C(O)c1ccccc1C(O)C(O)CCl. The number of carboxylic acids is 1. The van der Waals surface area contributed by atoms with Gasteiger partial charge in [0, 0.05) is 0 Å². The standard InChI is InChI=1S/C10H11ClO4/c11-5-8(12)9(13)6-3-1-2-4-7(6)10(14)15/h1-4,8-9,12-13H,5H2,(H,14,15). The molecule has 0 saturated heterocycles. The number of rotatable bonds is 4. The van der Waals surface area contributed by atoms with E-state index in [1.165, 1.54) is 12.1 Å². The highest BCUT2D eigenvalue weighted by molar-refractivity contribution is 6.18. The number of carbonyl (C=O) groups is 1. The Bertz CT molecular complexity index is 353. The van der Waals surface area contributed by atoms with E-state index in [-0.39, 0.29) is 17.0 Å². The molecule has 0 aliphatic heterocycles. The summed E-state index contributed by atoms with van der Waals surface area (Å²) in [5.41, 5.74) is 0.132. The summed E-state index contributed by atoms with van der Waals surface area (Å²) >= 11 is 5.37. The van der Waals surface area contributed by atoms with E-state index in [1.807, 2.05) is 0 Å². The summed E-state index contributed by atoms with van der Waals surface area (Å²) in [5, 5.41) is 27.8. The van der Waals surface area contributed by atoms with E-state index in [0.717, 1.165) is 0 Å². The van der Waals surface area contributed by atoms with Gasteiger partial charge in [0.15, 0.2) is 0 Å². The first-order valence-corrected chi connectivity index (χ1v) is 4.85. The maximum absolute atomic E-state index is 10.8. The van der Waals surface area contributed by atoms with Crippen LogP contribution in [0, 0.1) is 0 Å². The van der Waals surface area contributed by atoms with Crippen molar-refractivity contribution in [3.05, 3.63) is 35.4 Å². The Morgan fingerprint density at radius 1 is 1.33 bits per heavy atom. The van der Waals surface area contributed by atoms with Crippen LogP contribution in [0.1, 0.15) is 22.0 Å². The molecule has 0 saturated carbocycles. The topological polar surface area (TPSA) is 77.8 Å². The minimum atomic E-state index is -1.28. The Morgan fingerprint density at radius 2 is 1.93 bits per heavy atom. The van der Waals surface area contributed by atoms with Gasteiger partial charge >= 0.3 is 5.97 Å². The molecule has 5 heteroatoms. The highest BCUT2D eigenvalue weighted by Crippen LogP contribution is 2.21. The molecule has 2 atom stereocenters. The molecule has 3 N–H and O–H groups in total. The van der Waals surface area contributed by atoms with Gasteiger partial charge in [0.25, 0.3) is 0 Å². The van der Waals surface area contributed by atoms with Crippen LogP contribution in [0.5, 0.6) is 0 Å². The third-order valence-electron chi connectivity index (χ3n) is 2.03. The Labute approximate surface area is 91.7 Å². The normalized spacial score (nSPS) is 14.6. The van der Waals surface area contributed by atoms with Crippen molar-refractivity contribution in [2.45, 2.75) is 12.2 Å². The van der Waals surface area contributed by atoms with Crippen LogP contribution in [0.25, 0.3) is 0 Å². The van der Waals surface area contributed by atoms with Gasteiger partial charge in [0.1, 0.15) is 6.10 Å². The number of aliphatic hydroxyl groups is 2. The van der Waals surface area contributed by atoms with E-state index in [2.05, 4.69) is 0 Å². The van der Waals surface area contributed by atoms with E-state index >= 15 is 0 Å². The molecule has 0 spiro atoms. The number of aliphatic hydroxyl groups excluding tert-OH is 2. The second kappa shape index (κ2) is 5.11. The molecule has 0 radical (unpaired) electrons. The highest BCUT2D eigenvalue weighted by Gasteiger charge is 2.22. The molecule has 1 aromatic rings. The third-order valence-corrected chi connectivity index (χ3v) is 2.35. The van der Waals surface area contributed by atoms with Crippen molar-refractivity contribution in [3.63, 3.8) is 0 Å². The molecule has 82 valence electrons. The molecule has 0 aliphatic carbocycles. The zero-order chi connectivity index (χ0) is 11.4. The molecule has 15 heavy (non-hydrogen) atoms. The number of carboxylic acid groups (broad SMARTS) is 1. The van der Waals surface area contributed by atoms with Crippen LogP contribution in [0.4, 0.5) is 0 Å². The van der Waals surface area contributed by atoms with Gasteiger partial charge in [-0.3, -0.25) is 0 Å². The van der Waals surface area contributed by atoms with Crippen molar-refractivity contribution in [1.29, 1.82) is 0 Å². The maximum Gasteiger partial charge on any atom is 0.336 e. The van der Waals surface area contributed by atoms with Gasteiger partial charge in [-0.1, -0.05) is 18.2 Å². The summed E-state index contributed by atoms with van der Waals surface area (Å²) in [6.45, 7) is 0. The lowest BCUT2D eigenvalue weighted by atomic mass is 9.99. The van der Waals surface area contributed by atoms with Gasteiger partial charge in [0.2, 0.25) is 0 Å². The number of hydrogen-bond donors (Lipinski definition) is 3. The average Bonchev–Trinajstić information content (AvgIpc) is 2.27. The van der Waals surface area contributed by atoms with Crippen LogP contribution in [0.15, 0.2) is 24.3 Å². The Kier molecular flexibility index (Phi) is 4.08. The van der Waals surface area contributed by atoms with Crippen molar-refractivity contribution in [1.82, 2.24) is 0 Å². The molecular weight excluding hydrogens is 220 g/mol. The predicted molar refractivity (Wildman–Crippen MR) is 55.1 cm³/mol. The van der Waals surface area contributed by atoms with Crippen molar-refractivity contribution in [3.8, 4) is 0 Å². The monoisotopic (exact) mass is 230 g/mol. The zero-order valence-electron chi connectivity index (χ0n) is 7.80. The summed E-state index contributed by atoms with van der Waals surface area (Å²) in [4.78, 5) is 10.8. The molecule has 0 bridgehead atoms. The number of alkyl halides is 1. The summed E-state index contributed by atoms with van der Waals surface area (Å²) in [7, 11) is 0. The van der Waals surface area contributed by atoms with Crippen LogP contribution in [-0.2, 0) is 0 Å². The van der Waals surface area contributed by atoms with Gasteiger partial charge in [-0.15, -0.1) is 11.6 Å². The quantitative estimate of drug-likeness (QED) is 0.675. The lowest BCUT2D eigenvalue weighted by Crippen LogP contribution is -2.21. The third kappa shape index (κ3) is 2.68. The van der Waals surface area contributed by atoms with Gasteiger partial charge in [-0.2, -0.15) is 0 Å². The number of halogens is 1. The first kappa shape index (κ1) is 12.0. The van der Waals surface area contributed by atoms with Gasteiger partial charge < -0.3 is 15.3 Å². The number of hydrogen-bond acceptors (Lipinski definition) is 3. The first-order valence-electron chi connectivity index (χ1n) is 4.32. The molecule has 0 aromatic heterocycles. The molecule has 0 aliphatic rings. The Hall–Kier alpha value is -1.10. The second-order valence-electron chi connectivity index (χ2n) is 3.06. The molecular formula is C10H11ClO4. The van der Waals surface area contributed by atoms with E-state index in [4.69, 9.17) is 16.7 Å². The minimum Gasteiger partial charge on any atom is -0.478 e. The summed E-state index contributed by atoms with van der Waals surface area (Å²) < 4.78 is 0. The van der Waals surface area contributed by atoms with Gasteiger partial charge in [-0.05, 0) is 11.6 Å². The molecule has 4 nitrogen and oxygen atoms in total. The number of benzene rings is 1. The van der Waals surface area contributed by atoms with Crippen molar-refractivity contribution >= 4 is 17.6 Å². The predicted octanol–water partition coefficient (Wildman–Crippen LogP) is 1.02. The van der Waals surface area contributed by atoms with E-state index in [0.29, 0.717) is 0 Å². The summed E-state index contributed by atoms with van der Waals surface area (Å²) in [5.74, 6) is -1.30. The van der Waals surface area contributed by atoms with Crippen LogP contribution in [-0.4, -0.2) is 33.3 Å². The fourth-order valence-electron chi connectivity index (χ4n) is 1.24. The van der Waals surface area contributed by atoms with Crippen molar-refractivity contribution in [2.75, 3.05) is 5.88 Å².